The molecule has 3 heteroatoms. The first-order chi connectivity index (χ1) is 8.69. The lowest BCUT2D eigenvalue weighted by Crippen LogP contribution is -2.45. The standard InChI is InChI=1S/C15H30N2O/c1-12-5-6-15(16-3)14(9-12)11-17-7-4-8-18-13(2)10-17/h12-16H,4-11H2,1-3H3. The molecule has 18 heavy (non-hydrogen) atoms. The Kier molecular flexibility index (Phi) is 5.46. The first kappa shape index (κ1) is 14.3. The van der Waals surface area contributed by atoms with Crippen LogP contribution in [0.5, 0.6) is 0 Å². The van der Waals surface area contributed by atoms with E-state index in [2.05, 4.69) is 31.1 Å². The van der Waals surface area contributed by atoms with Crippen molar-refractivity contribution in [2.45, 2.75) is 51.7 Å². The van der Waals surface area contributed by atoms with Gasteiger partial charge in [0.15, 0.2) is 0 Å². The molecule has 1 aliphatic carbocycles. The number of hydrogen-bond acceptors (Lipinski definition) is 3. The van der Waals surface area contributed by atoms with Gasteiger partial charge in [0.2, 0.25) is 0 Å². The van der Waals surface area contributed by atoms with Crippen LogP contribution >= 0.6 is 0 Å². The molecule has 1 saturated carbocycles. The van der Waals surface area contributed by atoms with E-state index in [9.17, 15) is 0 Å². The molecule has 2 rings (SSSR count). The van der Waals surface area contributed by atoms with E-state index in [1.807, 2.05) is 0 Å². The zero-order chi connectivity index (χ0) is 13.0. The van der Waals surface area contributed by atoms with Crippen molar-refractivity contribution in [1.82, 2.24) is 10.2 Å². The molecule has 0 bridgehead atoms. The Morgan fingerprint density at radius 2 is 2.11 bits per heavy atom. The third-order valence-corrected chi connectivity index (χ3v) is 4.64. The molecule has 2 fully saturated rings. The number of nitrogens with one attached hydrogen (secondary N) is 1. The monoisotopic (exact) mass is 254 g/mol. The molecule has 2 aliphatic rings. The molecule has 1 N–H and O–H groups in total. The molecule has 0 spiro atoms. The largest absolute Gasteiger partial charge is 0.377 e. The summed E-state index contributed by atoms with van der Waals surface area (Å²) in [5, 5.41) is 3.53. The molecule has 0 amide bonds. The highest BCUT2D eigenvalue weighted by molar-refractivity contribution is 4.85. The van der Waals surface area contributed by atoms with Gasteiger partial charge in [0.05, 0.1) is 6.10 Å². The summed E-state index contributed by atoms with van der Waals surface area (Å²) in [6.45, 7) is 9.13. The molecule has 106 valence electrons. The summed E-state index contributed by atoms with van der Waals surface area (Å²) >= 11 is 0. The van der Waals surface area contributed by atoms with Gasteiger partial charge in [0.25, 0.3) is 0 Å². The average Bonchev–Trinajstić information content (AvgIpc) is 2.54. The van der Waals surface area contributed by atoms with E-state index in [-0.39, 0.29) is 0 Å². The normalized spacial score (nSPS) is 39.5. The van der Waals surface area contributed by atoms with E-state index >= 15 is 0 Å². The van der Waals surface area contributed by atoms with Gasteiger partial charge in [-0.3, -0.25) is 0 Å². The predicted octanol–water partition coefficient (Wildman–Crippen LogP) is 2.12. The van der Waals surface area contributed by atoms with Gasteiger partial charge < -0.3 is 15.0 Å². The second kappa shape index (κ2) is 6.88. The van der Waals surface area contributed by atoms with Crippen molar-refractivity contribution in [3.63, 3.8) is 0 Å². The average molecular weight is 254 g/mol. The smallest absolute Gasteiger partial charge is 0.0673 e. The lowest BCUT2D eigenvalue weighted by atomic mass is 9.78. The van der Waals surface area contributed by atoms with Crippen molar-refractivity contribution in [2.24, 2.45) is 11.8 Å². The first-order valence-electron chi connectivity index (χ1n) is 7.70. The molecule has 0 aromatic heterocycles. The molecule has 0 radical (unpaired) electrons. The van der Waals surface area contributed by atoms with E-state index < -0.39 is 0 Å². The Morgan fingerprint density at radius 3 is 2.89 bits per heavy atom. The van der Waals surface area contributed by atoms with Crippen LogP contribution in [0.4, 0.5) is 0 Å². The molecule has 0 aromatic rings. The Labute approximate surface area is 112 Å². The molecule has 1 saturated heterocycles. The molecule has 4 atom stereocenters. The lowest BCUT2D eigenvalue weighted by molar-refractivity contribution is 0.0614. The number of nitrogens with zero attached hydrogens (tertiary/aromatic N) is 1. The fraction of sp³-hybridized carbons (Fsp3) is 1.00. The highest BCUT2D eigenvalue weighted by Gasteiger charge is 2.29. The van der Waals surface area contributed by atoms with E-state index in [1.165, 1.54) is 38.8 Å². The topological polar surface area (TPSA) is 24.5 Å². The van der Waals surface area contributed by atoms with Crippen LogP contribution in [0.25, 0.3) is 0 Å². The second-order valence-electron chi connectivity index (χ2n) is 6.37. The van der Waals surface area contributed by atoms with Gasteiger partial charge in [-0.2, -0.15) is 0 Å². The van der Waals surface area contributed by atoms with Gasteiger partial charge in [0.1, 0.15) is 0 Å². The van der Waals surface area contributed by atoms with Crippen molar-refractivity contribution in [2.75, 3.05) is 33.3 Å². The van der Waals surface area contributed by atoms with Gasteiger partial charge in [-0.05, 0) is 51.5 Å². The molecular weight excluding hydrogens is 224 g/mol. The first-order valence-corrected chi connectivity index (χ1v) is 7.70. The van der Waals surface area contributed by atoms with Crippen LogP contribution in [0, 0.1) is 11.8 Å². The third kappa shape index (κ3) is 3.94. The molecule has 1 aliphatic heterocycles. The fourth-order valence-electron chi connectivity index (χ4n) is 3.66. The van der Waals surface area contributed by atoms with Crippen LogP contribution in [0.15, 0.2) is 0 Å². The summed E-state index contributed by atoms with van der Waals surface area (Å²) in [5.41, 5.74) is 0. The summed E-state index contributed by atoms with van der Waals surface area (Å²) in [4.78, 5) is 2.63. The van der Waals surface area contributed by atoms with Gasteiger partial charge in [-0.1, -0.05) is 6.92 Å². The number of ether oxygens (including phenoxy) is 1. The Morgan fingerprint density at radius 1 is 1.28 bits per heavy atom. The SMILES string of the molecule is CNC1CCC(C)CC1CN1CCCOC(C)C1. The van der Waals surface area contributed by atoms with Crippen molar-refractivity contribution < 1.29 is 4.74 Å². The molecule has 1 heterocycles. The van der Waals surface area contributed by atoms with Gasteiger partial charge in [-0.25, -0.2) is 0 Å². The summed E-state index contributed by atoms with van der Waals surface area (Å²) in [7, 11) is 2.13. The Bertz CT molecular complexity index is 247. The maximum Gasteiger partial charge on any atom is 0.0673 e. The van der Waals surface area contributed by atoms with E-state index in [4.69, 9.17) is 4.74 Å². The Balaban J connectivity index is 1.88. The number of hydrogen-bond donors (Lipinski definition) is 1. The minimum Gasteiger partial charge on any atom is -0.377 e. The van der Waals surface area contributed by atoms with Gasteiger partial charge in [0, 0.05) is 32.3 Å². The van der Waals surface area contributed by atoms with Crippen LogP contribution < -0.4 is 5.32 Å². The van der Waals surface area contributed by atoms with Gasteiger partial charge >= 0.3 is 0 Å². The predicted molar refractivity (Wildman–Crippen MR) is 75.8 cm³/mol. The maximum absolute atomic E-state index is 5.74. The van der Waals surface area contributed by atoms with Crippen molar-refractivity contribution in [1.29, 1.82) is 0 Å². The zero-order valence-corrected chi connectivity index (χ0v) is 12.3. The van der Waals surface area contributed by atoms with Crippen LogP contribution in [0.1, 0.15) is 39.5 Å². The van der Waals surface area contributed by atoms with E-state index in [1.54, 1.807) is 0 Å². The molecule has 0 aromatic carbocycles. The zero-order valence-electron chi connectivity index (χ0n) is 12.3. The third-order valence-electron chi connectivity index (χ3n) is 4.64. The van der Waals surface area contributed by atoms with Crippen LogP contribution in [-0.2, 0) is 4.74 Å². The Hall–Kier alpha value is -0.120. The summed E-state index contributed by atoms with van der Waals surface area (Å²) in [5.74, 6) is 1.73. The minimum absolute atomic E-state index is 0.404. The molecular formula is C15H30N2O. The second-order valence-corrected chi connectivity index (χ2v) is 6.37. The van der Waals surface area contributed by atoms with E-state index in [0.29, 0.717) is 6.10 Å². The van der Waals surface area contributed by atoms with Crippen molar-refractivity contribution in [3.05, 3.63) is 0 Å². The van der Waals surface area contributed by atoms with Crippen molar-refractivity contribution in [3.8, 4) is 0 Å². The highest BCUT2D eigenvalue weighted by Crippen LogP contribution is 2.29. The van der Waals surface area contributed by atoms with E-state index in [0.717, 1.165) is 31.0 Å². The summed E-state index contributed by atoms with van der Waals surface area (Å²) in [6, 6.07) is 0.723. The van der Waals surface area contributed by atoms with Crippen LogP contribution in [-0.4, -0.2) is 50.3 Å². The highest BCUT2D eigenvalue weighted by atomic mass is 16.5. The van der Waals surface area contributed by atoms with Crippen LogP contribution in [0.3, 0.4) is 0 Å². The minimum atomic E-state index is 0.404. The maximum atomic E-state index is 5.74. The fourth-order valence-corrected chi connectivity index (χ4v) is 3.66. The van der Waals surface area contributed by atoms with Crippen molar-refractivity contribution >= 4 is 0 Å². The quantitative estimate of drug-likeness (QED) is 0.835. The summed E-state index contributed by atoms with van der Waals surface area (Å²) < 4.78 is 5.74. The molecule has 3 nitrogen and oxygen atoms in total. The van der Waals surface area contributed by atoms with Crippen LogP contribution in [0.2, 0.25) is 0 Å². The van der Waals surface area contributed by atoms with Gasteiger partial charge in [-0.15, -0.1) is 0 Å². The molecule has 4 unspecified atom stereocenters. The lowest BCUT2D eigenvalue weighted by Gasteiger charge is -2.38. The number of rotatable bonds is 3. The summed E-state index contributed by atoms with van der Waals surface area (Å²) in [6.07, 6.45) is 5.72.